The van der Waals surface area contributed by atoms with Crippen molar-refractivity contribution in [2.75, 3.05) is 44.2 Å². The number of hydrogen-bond acceptors (Lipinski definition) is 4. The lowest BCUT2D eigenvalue weighted by Gasteiger charge is -2.34. The van der Waals surface area contributed by atoms with Gasteiger partial charge in [0.2, 0.25) is 5.91 Å². The molecule has 2 aliphatic rings. The first kappa shape index (κ1) is 18.2. The minimum absolute atomic E-state index is 0.0770. The van der Waals surface area contributed by atoms with E-state index in [1.165, 1.54) is 11.3 Å². The van der Waals surface area contributed by atoms with E-state index in [4.69, 9.17) is 4.74 Å². The first-order chi connectivity index (χ1) is 12.0. The van der Waals surface area contributed by atoms with Crippen molar-refractivity contribution in [1.29, 1.82) is 0 Å². The van der Waals surface area contributed by atoms with Gasteiger partial charge in [0.25, 0.3) is 0 Å². The molecular weight excluding hydrogens is 314 g/mol. The summed E-state index contributed by atoms with van der Waals surface area (Å²) in [6.07, 6.45) is 1.11. The molecule has 0 bridgehead atoms. The molecule has 1 fully saturated rings. The van der Waals surface area contributed by atoms with Crippen LogP contribution in [0.4, 0.5) is 5.69 Å². The van der Waals surface area contributed by atoms with E-state index in [9.17, 15) is 4.79 Å². The molecule has 1 aromatic rings. The molecule has 1 amide bonds. The molecule has 0 saturated carbocycles. The van der Waals surface area contributed by atoms with Crippen LogP contribution in [0.25, 0.3) is 0 Å². The van der Waals surface area contributed by atoms with Crippen LogP contribution in [0.3, 0.4) is 0 Å². The molecule has 1 saturated heterocycles. The highest BCUT2D eigenvalue weighted by Crippen LogP contribution is 2.31. The smallest absolute Gasteiger partial charge is 0.239 e. The summed E-state index contributed by atoms with van der Waals surface area (Å²) in [6.45, 7) is 11.4. The summed E-state index contributed by atoms with van der Waals surface area (Å²) in [5.41, 5.74) is 2.53. The third-order valence-electron chi connectivity index (χ3n) is 5.04. The van der Waals surface area contributed by atoms with Gasteiger partial charge in [-0.1, -0.05) is 32.0 Å². The lowest BCUT2D eigenvalue weighted by atomic mass is 10.1. The maximum Gasteiger partial charge on any atom is 0.239 e. The zero-order valence-corrected chi connectivity index (χ0v) is 15.7. The van der Waals surface area contributed by atoms with Crippen molar-refractivity contribution in [3.63, 3.8) is 0 Å². The molecule has 138 valence electrons. The number of anilines is 1. The Morgan fingerprint density at radius 1 is 1.36 bits per heavy atom. The second-order valence-corrected chi connectivity index (χ2v) is 7.76. The molecule has 0 aliphatic carbocycles. The number of amides is 1. The molecule has 25 heavy (non-hydrogen) atoms. The van der Waals surface area contributed by atoms with Crippen LogP contribution in [0, 0.1) is 5.92 Å². The lowest BCUT2D eigenvalue weighted by Crippen LogP contribution is -2.49. The summed E-state index contributed by atoms with van der Waals surface area (Å²) >= 11 is 0. The summed E-state index contributed by atoms with van der Waals surface area (Å²) in [4.78, 5) is 17.1. The van der Waals surface area contributed by atoms with Gasteiger partial charge in [0.05, 0.1) is 19.3 Å². The minimum Gasteiger partial charge on any atom is -0.374 e. The summed E-state index contributed by atoms with van der Waals surface area (Å²) in [5, 5.41) is 3.07. The Balaban J connectivity index is 1.47. The molecule has 2 atom stereocenters. The SMILES string of the molecule is CC(C)CN1CCOC(CNC(=O)CN2c3ccccc3CC2C)C1. The van der Waals surface area contributed by atoms with Crippen molar-refractivity contribution in [2.24, 2.45) is 5.92 Å². The van der Waals surface area contributed by atoms with Crippen molar-refractivity contribution in [3.05, 3.63) is 29.8 Å². The number of ether oxygens (including phenoxy) is 1. The van der Waals surface area contributed by atoms with Gasteiger partial charge in [0.1, 0.15) is 0 Å². The van der Waals surface area contributed by atoms with Crippen molar-refractivity contribution in [1.82, 2.24) is 10.2 Å². The predicted octanol–water partition coefficient (Wildman–Crippen LogP) is 1.91. The molecule has 2 aliphatic heterocycles. The largest absolute Gasteiger partial charge is 0.374 e. The van der Waals surface area contributed by atoms with Gasteiger partial charge in [-0.3, -0.25) is 9.69 Å². The quantitative estimate of drug-likeness (QED) is 0.855. The van der Waals surface area contributed by atoms with E-state index < -0.39 is 0 Å². The van der Waals surface area contributed by atoms with Crippen LogP contribution < -0.4 is 10.2 Å². The Kier molecular flexibility index (Phi) is 5.97. The topological polar surface area (TPSA) is 44.8 Å². The highest BCUT2D eigenvalue weighted by Gasteiger charge is 2.27. The van der Waals surface area contributed by atoms with Gasteiger partial charge in [-0.2, -0.15) is 0 Å². The second kappa shape index (κ2) is 8.19. The number of benzene rings is 1. The Morgan fingerprint density at radius 2 is 2.16 bits per heavy atom. The van der Waals surface area contributed by atoms with Crippen LogP contribution >= 0.6 is 0 Å². The molecular formula is C20H31N3O2. The van der Waals surface area contributed by atoms with Gasteiger partial charge in [-0.25, -0.2) is 0 Å². The molecule has 0 radical (unpaired) electrons. The van der Waals surface area contributed by atoms with E-state index in [1.807, 2.05) is 6.07 Å². The van der Waals surface area contributed by atoms with E-state index in [2.05, 4.69) is 54.1 Å². The molecule has 5 nitrogen and oxygen atoms in total. The highest BCUT2D eigenvalue weighted by molar-refractivity contribution is 5.82. The normalized spacial score (nSPS) is 23.8. The van der Waals surface area contributed by atoms with E-state index >= 15 is 0 Å². The number of para-hydroxylation sites is 1. The van der Waals surface area contributed by atoms with Crippen molar-refractivity contribution in [3.8, 4) is 0 Å². The monoisotopic (exact) mass is 345 g/mol. The van der Waals surface area contributed by atoms with Crippen LogP contribution in [-0.2, 0) is 16.0 Å². The Labute approximate surface area is 151 Å². The van der Waals surface area contributed by atoms with E-state index in [1.54, 1.807) is 0 Å². The average molecular weight is 345 g/mol. The lowest BCUT2D eigenvalue weighted by molar-refractivity contribution is -0.121. The summed E-state index contributed by atoms with van der Waals surface area (Å²) in [6, 6.07) is 8.75. The zero-order valence-electron chi connectivity index (χ0n) is 15.7. The molecule has 2 unspecified atom stereocenters. The first-order valence-corrected chi connectivity index (χ1v) is 9.48. The number of nitrogens with one attached hydrogen (secondary N) is 1. The number of carbonyl (C=O) groups is 1. The van der Waals surface area contributed by atoms with Gasteiger partial charge in [0.15, 0.2) is 0 Å². The zero-order chi connectivity index (χ0) is 17.8. The third-order valence-corrected chi connectivity index (χ3v) is 5.04. The average Bonchev–Trinajstić information content (AvgIpc) is 2.88. The van der Waals surface area contributed by atoms with Crippen LogP contribution in [0.15, 0.2) is 24.3 Å². The van der Waals surface area contributed by atoms with Gasteiger partial charge in [-0.05, 0) is 30.9 Å². The maximum absolute atomic E-state index is 12.4. The summed E-state index contributed by atoms with van der Waals surface area (Å²) in [7, 11) is 0. The second-order valence-electron chi connectivity index (χ2n) is 7.76. The van der Waals surface area contributed by atoms with Crippen molar-refractivity contribution < 1.29 is 9.53 Å². The molecule has 0 aromatic heterocycles. The molecule has 1 aromatic carbocycles. The fourth-order valence-corrected chi connectivity index (χ4v) is 3.89. The van der Waals surface area contributed by atoms with E-state index in [0.29, 0.717) is 25.0 Å². The van der Waals surface area contributed by atoms with Gasteiger partial charge in [0, 0.05) is 37.9 Å². The Morgan fingerprint density at radius 3 is 2.96 bits per heavy atom. The number of fused-ring (bicyclic) bond motifs is 1. The molecule has 5 heteroatoms. The summed E-state index contributed by atoms with van der Waals surface area (Å²) < 4.78 is 5.82. The van der Waals surface area contributed by atoms with Crippen LogP contribution in [0.5, 0.6) is 0 Å². The molecule has 3 rings (SSSR count). The standard InChI is InChI=1S/C20H31N3O2/c1-15(2)12-22-8-9-25-18(13-22)11-21-20(24)14-23-16(3)10-17-6-4-5-7-19(17)23/h4-7,15-16,18H,8-14H2,1-3H3,(H,21,24). The number of hydrogen-bond donors (Lipinski definition) is 1. The van der Waals surface area contributed by atoms with Crippen molar-refractivity contribution >= 4 is 11.6 Å². The van der Waals surface area contributed by atoms with Crippen molar-refractivity contribution in [2.45, 2.75) is 39.3 Å². The molecule has 0 spiro atoms. The van der Waals surface area contributed by atoms with Gasteiger partial charge in [-0.15, -0.1) is 0 Å². The maximum atomic E-state index is 12.4. The number of rotatable bonds is 6. The number of nitrogens with zero attached hydrogens (tertiary/aromatic N) is 2. The first-order valence-electron chi connectivity index (χ1n) is 9.48. The Bertz CT molecular complexity index is 590. The predicted molar refractivity (Wildman–Crippen MR) is 101 cm³/mol. The highest BCUT2D eigenvalue weighted by atomic mass is 16.5. The van der Waals surface area contributed by atoms with E-state index in [0.717, 1.165) is 32.7 Å². The Hall–Kier alpha value is -1.59. The number of morpholine rings is 1. The van der Waals surface area contributed by atoms with Gasteiger partial charge >= 0.3 is 0 Å². The van der Waals surface area contributed by atoms with Crippen LogP contribution in [0.2, 0.25) is 0 Å². The third kappa shape index (κ3) is 4.73. The number of carbonyl (C=O) groups excluding carboxylic acids is 1. The molecule has 2 heterocycles. The van der Waals surface area contributed by atoms with Crippen LogP contribution in [0.1, 0.15) is 26.3 Å². The fraction of sp³-hybridized carbons (Fsp3) is 0.650. The van der Waals surface area contributed by atoms with Gasteiger partial charge < -0.3 is 15.0 Å². The van der Waals surface area contributed by atoms with E-state index in [-0.39, 0.29) is 12.0 Å². The fourth-order valence-electron chi connectivity index (χ4n) is 3.89. The molecule has 1 N–H and O–H groups in total. The minimum atomic E-state index is 0.0770. The van der Waals surface area contributed by atoms with Crippen LogP contribution in [-0.4, -0.2) is 62.3 Å². The summed E-state index contributed by atoms with van der Waals surface area (Å²) in [5.74, 6) is 0.734.